The van der Waals surface area contributed by atoms with Crippen LogP contribution < -0.4 is 10.1 Å². The maximum Gasteiger partial charge on any atom is 0.275 e. The van der Waals surface area contributed by atoms with Crippen molar-refractivity contribution in [1.29, 1.82) is 0 Å². The smallest absolute Gasteiger partial charge is 0.275 e. The summed E-state index contributed by atoms with van der Waals surface area (Å²) < 4.78 is 18.8. The summed E-state index contributed by atoms with van der Waals surface area (Å²) in [4.78, 5) is 28.0. The van der Waals surface area contributed by atoms with Crippen LogP contribution in [0.5, 0.6) is 11.5 Å². The number of anilines is 1. The van der Waals surface area contributed by atoms with Crippen molar-refractivity contribution in [2.75, 3.05) is 5.32 Å². The van der Waals surface area contributed by atoms with Gasteiger partial charge in [0.1, 0.15) is 23.6 Å². The number of halogens is 1. The number of nitrogens with zero attached hydrogens (tertiary/aromatic N) is 4. The second-order valence-corrected chi connectivity index (χ2v) is 5.01. The minimum atomic E-state index is -0.679. The summed E-state index contributed by atoms with van der Waals surface area (Å²) in [5.74, 6) is -0.218. The molecule has 1 N–H and O–H groups in total. The molecule has 0 aromatic carbocycles. The van der Waals surface area contributed by atoms with Crippen LogP contribution >= 0.6 is 0 Å². The molecule has 1 amide bonds. The number of aromatic nitrogens is 4. The molecule has 0 saturated carbocycles. The molecule has 0 unspecified atom stereocenters. The highest BCUT2D eigenvalue weighted by Crippen LogP contribution is 2.22. The van der Waals surface area contributed by atoms with Gasteiger partial charge in [0.05, 0.1) is 12.4 Å². The predicted molar refractivity (Wildman–Crippen MR) is 90.0 cm³/mol. The van der Waals surface area contributed by atoms with E-state index in [0.717, 1.165) is 0 Å². The molecule has 0 atom stereocenters. The maximum absolute atomic E-state index is 13.1. The molecule has 0 fully saturated rings. The number of carbonyl (C=O) groups excluding carboxylic acids is 1. The SMILES string of the molecule is CCc1cc(Oc2cncnc2)cc(C(=O)Nc2cccc(F)n2)n1.[HH]. The summed E-state index contributed by atoms with van der Waals surface area (Å²) in [7, 11) is 0. The number of hydrogen-bond acceptors (Lipinski definition) is 6. The highest BCUT2D eigenvalue weighted by atomic mass is 19.1. The van der Waals surface area contributed by atoms with E-state index in [-0.39, 0.29) is 12.9 Å². The van der Waals surface area contributed by atoms with Gasteiger partial charge in [0, 0.05) is 19.3 Å². The van der Waals surface area contributed by atoms with Crippen molar-refractivity contribution in [2.24, 2.45) is 0 Å². The van der Waals surface area contributed by atoms with Crippen LogP contribution in [0.2, 0.25) is 0 Å². The summed E-state index contributed by atoms with van der Waals surface area (Å²) in [5.41, 5.74) is 0.809. The number of carbonyl (C=O) groups is 1. The van der Waals surface area contributed by atoms with Crippen LogP contribution in [0.1, 0.15) is 24.5 Å². The van der Waals surface area contributed by atoms with Crippen LogP contribution in [0.4, 0.5) is 10.2 Å². The first-order valence-electron chi connectivity index (χ1n) is 7.52. The third-order valence-electron chi connectivity index (χ3n) is 3.18. The summed E-state index contributed by atoms with van der Waals surface area (Å²) in [6.07, 6.45) is 5.02. The van der Waals surface area contributed by atoms with Gasteiger partial charge in [0.15, 0.2) is 5.75 Å². The number of amides is 1. The molecule has 8 heteroatoms. The second-order valence-electron chi connectivity index (χ2n) is 5.01. The van der Waals surface area contributed by atoms with Crippen molar-refractivity contribution in [1.82, 2.24) is 19.9 Å². The molecule has 128 valence electrons. The zero-order chi connectivity index (χ0) is 17.6. The van der Waals surface area contributed by atoms with E-state index >= 15 is 0 Å². The zero-order valence-corrected chi connectivity index (χ0v) is 13.3. The van der Waals surface area contributed by atoms with Gasteiger partial charge in [-0.1, -0.05) is 13.0 Å². The lowest BCUT2D eigenvalue weighted by Crippen LogP contribution is -2.15. The van der Waals surface area contributed by atoms with Crippen LogP contribution in [0.3, 0.4) is 0 Å². The number of ether oxygens (including phenoxy) is 1. The van der Waals surface area contributed by atoms with E-state index in [9.17, 15) is 9.18 Å². The molecule has 25 heavy (non-hydrogen) atoms. The molecule has 0 spiro atoms. The topological polar surface area (TPSA) is 89.9 Å². The largest absolute Gasteiger partial charge is 0.454 e. The highest BCUT2D eigenvalue weighted by molar-refractivity contribution is 6.02. The Bertz CT molecular complexity index is 895. The Morgan fingerprint density at radius 3 is 2.72 bits per heavy atom. The van der Waals surface area contributed by atoms with E-state index in [1.807, 2.05) is 6.92 Å². The van der Waals surface area contributed by atoms with E-state index in [1.54, 1.807) is 6.07 Å². The van der Waals surface area contributed by atoms with Gasteiger partial charge < -0.3 is 10.1 Å². The molecule has 3 rings (SSSR count). The molecule has 3 aromatic heterocycles. The normalized spacial score (nSPS) is 10.3. The molecule has 0 bridgehead atoms. The maximum atomic E-state index is 13.1. The number of hydrogen-bond donors (Lipinski definition) is 1. The predicted octanol–water partition coefficient (Wildman–Crippen LogP) is 3.26. The van der Waals surface area contributed by atoms with Crippen molar-refractivity contribution >= 4 is 11.7 Å². The van der Waals surface area contributed by atoms with Gasteiger partial charge in [-0.15, -0.1) is 0 Å². The Morgan fingerprint density at radius 2 is 2.00 bits per heavy atom. The van der Waals surface area contributed by atoms with Crippen LogP contribution in [0, 0.1) is 5.95 Å². The Morgan fingerprint density at radius 1 is 1.20 bits per heavy atom. The van der Waals surface area contributed by atoms with Crippen molar-refractivity contribution in [3.8, 4) is 11.5 Å². The first-order chi connectivity index (χ1) is 12.1. The van der Waals surface area contributed by atoms with Crippen molar-refractivity contribution < 1.29 is 15.3 Å². The molecule has 0 aliphatic carbocycles. The average molecular weight is 341 g/mol. The van der Waals surface area contributed by atoms with Gasteiger partial charge in [-0.3, -0.25) is 4.79 Å². The molecule has 0 aliphatic rings. The average Bonchev–Trinajstić information content (AvgIpc) is 2.62. The summed E-state index contributed by atoms with van der Waals surface area (Å²) in [6, 6.07) is 7.35. The minimum absolute atomic E-state index is 0. The number of rotatable bonds is 5. The lowest BCUT2D eigenvalue weighted by molar-refractivity contribution is 0.102. The summed E-state index contributed by atoms with van der Waals surface area (Å²) in [6.45, 7) is 1.91. The van der Waals surface area contributed by atoms with Gasteiger partial charge in [-0.05, 0) is 18.6 Å². The van der Waals surface area contributed by atoms with Gasteiger partial charge in [0.25, 0.3) is 5.91 Å². The molecular formula is C17H16FN5O2. The molecule has 7 nitrogen and oxygen atoms in total. The van der Waals surface area contributed by atoms with E-state index in [1.165, 1.54) is 43.0 Å². The first kappa shape index (κ1) is 16.4. The fraction of sp³-hybridized carbons (Fsp3) is 0.118. The van der Waals surface area contributed by atoms with Crippen molar-refractivity contribution in [3.05, 3.63) is 66.4 Å². The second kappa shape index (κ2) is 7.43. The third kappa shape index (κ3) is 4.31. The fourth-order valence-electron chi connectivity index (χ4n) is 2.05. The molecule has 0 radical (unpaired) electrons. The van der Waals surface area contributed by atoms with Gasteiger partial charge in [-0.2, -0.15) is 4.39 Å². The van der Waals surface area contributed by atoms with Gasteiger partial charge in [-0.25, -0.2) is 19.9 Å². The van der Waals surface area contributed by atoms with E-state index in [0.29, 0.717) is 23.6 Å². The summed E-state index contributed by atoms with van der Waals surface area (Å²) >= 11 is 0. The minimum Gasteiger partial charge on any atom is -0.454 e. The third-order valence-corrected chi connectivity index (χ3v) is 3.18. The van der Waals surface area contributed by atoms with Crippen LogP contribution in [0.15, 0.2) is 49.1 Å². The fourth-order valence-corrected chi connectivity index (χ4v) is 2.05. The standard InChI is InChI=1S/C17H14FN5O2.H2/c1-2-11-6-12(25-13-8-19-10-20-9-13)7-14(21-11)17(24)23-16-5-3-4-15(18)22-16;/h3-10H,2H2,1H3,(H,22,23,24);1H. The lowest BCUT2D eigenvalue weighted by Gasteiger charge is -2.09. The Balaban J connectivity index is 0.00000243. The Hall–Kier alpha value is -3.42. The zero-order valence-electron chi connectivity index (χ0n) is 13.3. The summed E-state index contributed by atoms with van der Waals surface area (Å²) in [5, 5.41) is 2.51. The Kier molecular flexibility index (Phi) is 4.89. The first-order valence-corrected chi connectivity index (χ1v) is 7.52. The quantitative estimate of drug-likeness (QED) is 0.717. The lowest BCUT2D eigenvalue weighted by atomic mass is 10.2. The number of aryl methyl sites for hydroxylation is 1. The molecule has 3 aromatic rings. The Labute approximate surface area is 144 Å². The highest BCUT2D eigenvalue weighted by Gasteiger charge is 2.13. The van der Waals surface area contributed by atoms with Crippen LogP contribution in [-0.2, 0) is 6.42 Å². The molecule has 0 aliphatic heterocycles. The van der Waals surface area contributed by atoms with E-state index in [2.05, 4.69) is 25.3 Å². The van der Waals surface area contributed by atoms with Gasteiger partial charge >= 0.3 is 0 Å². The van der Waals surface area contributed by atoms with E-state index < -0.39 is 11.9 Å². The number of pyridine rings is 2. The molecular weight excluding hydrogens is 325 g/mol. The monoisotopic (exact) mass is 341 g/mol. The van der Waals surface area contributed by atoms with Crippen LogP contribution in [-0.4, -0.2) is 25.8 Å². The molecule has 0 saturated heterocycles. The molecule has 3 heterocycles. The van der Waals surface area contributed by atoms with Crippen LogP contribution in [0.25, 0.3) is 0 Å². The van der Waals surface area contributed by atoms with Crippen molar-refractivity contribution in [2.45, 2.75) is 13.3 Å². The van der Waals surface area contributed by atoms with Gasteiger partial charge in [0.2, 0.25) is 5.95 Å². The van der Waals surface area contributed by atoms with Crippen molar-refractivity contribution in [3.63, 3.8) is 0 Å². The van der Waals surface area contributed by atoms with E-state index in [4.69, 9.17) is 4.74 Å². The number of nitrogens with one attached hydrogen (secondary N) is 1.